The SMILES string of the molecule is CCCCCCc1cc2c3c(c1)N(c1c(-c4ccccc4)cccc1-c1ccccc1)c1cc(N4c5ccccc5C5C=CC=CC54)ccc1B3c1ccc(-n3c4ccccc4c4ccccc43)cc1O2. The van der Waals surface area contributed by atoms with Crippen molar-refractivity contribution in [1.82, 2.24) is 4.57 Å². The highest BCUT2D eigenvalue weighted by Crippen LogP contribution is 2.52. The number of nitrogens with zero attached hydrogens (tertiary/aromatic N) is 3. The van der Waals surface area contributed by atoms with E-state index in [0.29, 0.717) is 0 Å². The molecule has 3 aliphatic heterocycles. The Morgan fingerprint density at radius 2 is 1.17 bits per heavy atom. The van der Waals surface area contributed by atoms with Crippen LogP contribution in [0.5, 0.6) is 11.5 Å². The van der Waals surface area contributed by atoms with Gasteiger partial charge in [0.05, 0.1) is 22.8 Å². The molecule has 5 heteroatoms. The summed E-state index contributed by atoms with van der Waals surface area (Å²) in [5.41, 5.74) is 20.5. The highest BCUT2D eigenvalue weighted by atomic mass is 16.5. The average Bonchev–Trinajstić information content (AvgIpc) is 3.95. The van der Waals surface area contributed by atoms with Gasteiger partial charge in [0, 0.05) is 62.3 Å². The molecule has 14 rings (SSSR count). The number of fused-ring (bicyclic) bond motifs is 10. The van der Waals surface area contributed by atoms with E-state index in [0.717, 1.165) is 30.0 Å². The average molecular weight is 914 g/mol. The molecule has 0 amide bonds. The number of hydrogen-bond donors (Lipinski definition) is 0. The highest BCUT2D eigenvalue weighted by Gasteiger charge is 2.45. The van der Waals surface area contributed by atoms with Crippen molar-refractivity contribution in [2.45, 2.75) is 51.0 Å². The number of unbranched alkanes of at least 4 members (excludes halogenated alkanes) is 3. The normalized spacial score (nSPS) is 15.9. The van der Waals surface area contributed by atoms with Gasteiger partial charge < -0.3 is 19.1 Å². The smallest absolute Gasteiger partial charge is 0.256 e. The molecule has 0 bridgehead atoms. The van der Waals surface area contributed by atoms with Crippen molar-refractivity contribution < 1.29 is 4.74 Å². The largest absolute Gasteiger partial charge is 0.458 e. The molecule has 0 N–H and O–H groups in total. The van der Waals surface area contributed by atoms with Crippen LogP contribution >= 0.6 is 0 Å². The number of aryl methyl sites for hydroxylation is 1. The van der Waals surface area contributed by atoms with Crippen molar-refractivity contribution in [3.05, 3.63) is 236 Å². The van der Waals surface area contributed by atoms with Gasteiger partial charge in [0.25, 0.3) is 6.71 Å². The molecule has 2 atom stereocenters. The van der Waals surface area contributed by atoms with Crippen molar-refractivity contribution in [2.24, 2.45) is 0 Å². The number of ether oxygens (including phenoxy) is 1. The van der Waals surface area contributed by atoms with Crippen molar-refractivity contribution in [3.63, 3.8) is 0 Å². The fourth-order valence-corrected chi connectivity index (χ4v) is 12.5. The van der Waals surface area contributed by atoms with Gasteiger partial charge in [-0.25, -0.2) is 0 Å². The van der Waals surface area contributed by atoms with E-state index in [9.17, 15) is 0 Å². The second-order valence-corrected chi connectivity index (χ2v) is 19.7. The Balaban J connectivity index is 1.04. The van der Waals surface area contributed by atoms with Crippen LogP contribution in [0.2, 0.25) is 0 Å². The molecule has 0 saturated carbocycles. The molecule has 4 nitrogen and oxygen atoms in total. The maximum absolute atomic E-state index is 7.43. The molecule has 10 aromatic rings. The first-order chi connectivity index (χ1) is 35.2. The molecule has 0 fully saturated rings. The Bertz CT molecular complexity index is 3670. The summed E-state index contributed by atoms with van der Waals surface area (Å²) in [5, 5.41) is 2.50. The summed E-state index contributed by atoms with van der Waals surface area (Å²) in [6, 6.07) is 74.7. The van der Waals surface area contributed by atoms with Crippen LogP contribution in [0, 0.1) is 0 Å². The maximum atomic E-state index is 7.43. The lowest BCUT2D eigenvalue weighted by molar-refractivity contribution is 0.486. The van der Waals surface area contributed by atoms with Gasteiger partial charge in [0.1, 0.15) is 11.5 Å². The summed E-state index contributed by atoms with van der Waals surface area (Å²) in [4.78, 5) is 5.21. The van der Waals surface area contributed by atoms with Crippen LogP contribution in [0.25, 0.3) is 49.7 Å². The van der Waals surface area contributed by atoms with Crippen LogP contribution in [0.4, 0.5) is 28.4 Å². The van der Waals surface area contributed by atoms with Crippen LogP contribution in [-0.2, 0) is 6.42 Å². The van der Waals surface area contributed by atoms with E-state index in [1.54, 1.807) is 0 Å². The van der Waals surface area contributed by atoms with Gasteiger partial charge in [-0.15, -0.1) is 0 Å². The summed E-state index contributed by atoms with van der Waals surface area (Å²) < 4.78 is 9.83. The molecule has 9 aromatic carbocycles. The second-order valence-electron chi connectivity index (χ2n) is 19.7. The molecule has 2 unspecified atom stereocenters. The summed E-state index contributed by atoms with van der Waals surface area (Å²) in [6.45, 7) is 2.22. The van der Waals surface area contributed by atoms with E-state index < -0.39 is 0 Å². The van der Waals surface area contributed by atoms with Gasteiger partial charge >= 0.3 is 0 Å². The Labute approximate surface area is 416 Å². The van der Waals surface area contributed by atoms with Gasteiger partial charge in [0.15, 0.2) is 0 Å². The minimum Gasteiger partial charge on any atom is -0.458 e. The zero-order valence-electron chi connectivity index (χ0n) is 39.9. The second kappa shape index (κ2) is 17.0. The third-order valence-corrected chi connectivity index (χ3v) is 15.6. The quantitative estimate of drug-likeness (QED) is 0.101. The summed E-state index contributed by atoms with van der Waals surface area (Å²) in [5.74, 6) is 2.12. The van der Waals surface area contributed by atoms with E-state index in [1.807, 2.05) is 0 Å². The Hall–Kier alpha value is -8.28. The fraction of sp³-hybridized carbons (Fsp3) is 0.121. The molecular weight excluding hydrogens is 862 g/mol. The fourth-order valence-electron chi connectivity index (χ4n) is 12.5. The summed E-state index contributed by atoms with van der Waals surface area (Å²) in [7, 11) is 0. The molecule has 71 heavy (non-hydrogen) atoms. The lowest BCUT2D eigenvalue weighted by Gasteiger charge is -2.42. The Kier molecular flexibility index (Phi) is 9.98. The number of allylic oxidation sites excluding steroid dienone is 2. The van der Waals surface area contributed by atoms with Crippen LogP contribution < -0.4 is 30.9 Å². The predicted molar refractivity (Wildman–Crippen MR) is 299 cm³/mol. The number of hydrogen-bond acceptors (Lipinski definition) is 3. The zero-order chi connectivity index (χ0) is 47.0. The van der Waals surface area contributed by atoms with Gasteiger partial charge in [-0.1, -0.05) is 196 Å². The number of anilines is 5. The monoisotopic (exact) mass is 913 g/mol. The molecule has 340 valence electrons. The Morgan fingerprint density at radius 1 is 0.507 bits per heavy atom. The van der Waals surface area contributed by atoms with E-state index in [1.165, 1.54) is 119 Å². The van der Waals surface area contributed by atoms with Crippen molar-refractivity contribution in [1.29, 1.82) is 0 Å². The van der Waals surface area contributed by atoms with E-state index in [2.05, 4.69) is 246 Å². The molecule has 4 aliphatic rings. The highest BCUT2D eigenvalue weighted by molar-refractivity contribution is 6.99. The molecular formula is C66H52BN3O. The topological polar surface area (TPSA) is 20.6 Å². The standard InChI is InChI=1S/C66H52BN3O/c1-2-3-4-7-21-44-40-62-65-64(41-44)71-63-43-48(69-59-34-18-14-28-53(59)54-29-15-19-35-60(54)69)37-39-56(63)67(65)55-38-36-47(68-57-32-16-12-26-51(57)52-27-13-17-33-58(52)68)42-61(55)70(62)66-49(45-22-8-5-9-23-45)30-20-31-50(66)46-24-10-6-11-25-46/h5-6,8-20,22-43,51,57H,2-4,7,21H2,1H3. The number of rotatable bonds is 10. The predicted octanol–water partition coefficient (Wildman–Crippen LogP) is 15.4. The lowest BCUT2D eigenvalue weighted by atomic mass is 9.34. The Morgan fingerprint density at radius 3 is 1.92 bits per heavy atom. The first-order valence-electron chi connectivity index (χ1n) is 25.6. The first-order valence-corrected chi connectivity index (χ1v) is 25.6. The minimum absolute atomic E-state index is 0.0782. The van der Waals surface area contributed by atoms with Crippen LogP contribution in [0.15, 0.2) is 224 Å². The number of para-hydroxylation sites is 4. The van der Waals surface area contributed by atoms with Gasteiger partial charge in [0.2, 0.25) is 0 Å². The van der Waals surface area contributed by atoms with Crippen LogP contribution in [0.3, 0.4) is 0 Å². The van der Waals surface area contributed by atoms with Crippen LogP contribution in [-0.4, -0.2) is 17.3 Å². The molecule has 0 radical (unpaired) electrons. The third-order valence-electron chi connectivity index (χ3n) is 15.6. The molecule has 1 aromatic heterocycles. The van der Waals surface area contributed by atoms with Gasteiger partial charge in [-0.3, -0.25) is 0 Å². The number of aromatic nitrogens is 1. The number of benzene rings is 9. The minimum atomic E-state index is -0.0782. The molecule has 0 saturated heterocycles. The van der Waals surface area contributed by atoms with E-state index >= 15 is 0 Å². The summed E-state index contributed by atoms with van der Waals surface area (Å²) >= 11 is 0. The molecule has 1 aliphatic carbocycles. The maximum Gasteiger partial charge on any atom is 0.256 e. The van der Waals surface area contributed by atoms with Crippen molar-refractivity contribution >= 4 is 73.3 Å². The summed E-state index contributed by atoms with van der Waals surface area (Å²) in [6.07, 6.45) is 14.9. The first kappa shape index (κ1) is 41.7. The van der Waals surface area contributed by atoms with Gasteiger partial charge in [-0.2, -0.15) is 0 Å². The third kappa shape index (κ3) is 6.67. The zero-order valence-corrected chi connectivity index (χ0v) is 39.9. The van der Waals surface area contributed by atoms with Gasteiger partial charge in [-0.05, 0) is 100 Å². The van der Waals surface area contributed by atoms with Crippen molar-refractivity contribution in [3.8, 4) is 39.4 Å². The lowest BCUT2D eigenvalue weighted by Crippen LogP contribution is -2.59. The van der Waals surface area contributed by atoms with Crippen LogP contribution in [0.1, 0.15) is 49.7 Å². The molecule has 4 heterocycles. The van der Waals surface area contributed by atoms with Crippen molar-refractivity contribution in [2.75, 3.05) is 9.80 Å². The molecule has 0 spiro atoms. The van der Waals surface area contributed by atoms with E-state index in [4.69, 9.17) is 4.74 Å². The van der Waals surface area contributed by atoms with E-state index in [-0.39, 0.29) is 18.7 Å².